The van der Waals surface area contributed by atoms with Gasteiger partial charge in [-0.15, -0.1) is 0 Å². The minimum absolute atomic E-state index is 0.260. The van der Waals surface area contributed by atoms with Gasteiger partial charge >= 0.3 is 0 Å². The number of carbonyl (C=O) groups excluding carboxylic acids is 1. The summed E-state index contributed by atoms with van der Waals surface area (Å²) in [7, 11) is 0. The van der Waals surface area contributed by atoms with Gasteiger partial charge in [0, 0.05) is 0 Å². The maximum absolute atomic E-state index is 10.7. The Labute approximate surface area is 88.0 Å². The van der Waals surface area contributed by atoms with Gasteiger partial charge in [-0.2, -0.15) is 0 Å². The van der Waals surface area contributed by atoms with Gasteiger partial charge in [-0.1, -0.05) is 12.1 Å². The number of rotatable bonds is 5. The Morgan fingerprint density at radius 2 is 2.13 bits per heavy atom. The van der Waals surface area contributed by atoms with Gasteiger partial charge in [0.25, 0.3) is 0 Å². The first kappa shape index (κ1) is 9.98. The standard InChI is InChI=1S/C11H13NO3/c12-11(13)5-8-1-3-9(4-2-8)14-6-10-7-15-10/h1-4,10H,5-7H2,(H2,12,13)/t10-/m1/s1. The van der Waals surface area contributed by atoms with Crippen molar-refractivity contribution in [2.24, 2.45) is 5.73 Å². The van der Waals surface area contributed by atoms with Crippen molar-refractivity contribution in [2.75, 3.05) is 13.2 Å². The summed E-state index contributed by atoms with van der Waals surface area (Å²) in [5, 5.41) is 0. The molecule has 4 heteroatoms. The van der Waals surface area contributed by atoms with Crippen LogP contribution in [0.5, 0.6) is 5.75 Å². The van der Waals surface area contributed by atoms with Crippen molar-refractivity contribution < 1.29 is 14.3 Å². The number of amides is 1. The van der Waals surface area contributed by atoms with Crippen LogP contribution in [0.3, 0.4) is 0 Å². The Morgan fingerprint density at radius 3 is 2.67 bits per heavy atom. The van der Waals surface area contributed by atoms with Crippen molar-refractivity contribution in [3.63, 3.8) is 0 Å². The van der Waals surface area contributed by atoms with Crippen molar-refractivity contribution in [3.05, 3.63) is 29.8 Å². The second-order valence-electron chi connectivity index (χ2n) is 3.55. The lowest BCUT2D eigenvalue weighted by Gasteiger charge is -2.04. The van der Waals surface area contributed by atoms with E-state index in [1.165, 1.54) is 0 Å². The summed E-state index contributed by atoms with van der Waals surface area (Å²) < 4.78 is 10.5. The highest BCUT2D eigenvalue weighted by molar-refractivity contribution is 5.76. The summed E-state index contributed by atoms with van der Waals surface area (Å²) in [6.45, 7) is 1.38. The third-order valence-corrected chi connectivity index (χ3v) is 2.14. The zero-order chi connectivity index (χ0) is 10.7. The first-order chi connectivity index (χ1) is 7.24. The number of benzene rings is 1. The van der Waals surface area contributed by atoms with Gasteiger partial charge in [0.15, 0.2) is 0 Å². The molecule has 1 aliphatic heterocycles. The minimum Gasteiger partial charge on any atom is -0.491 e. The molecular formula is C11H13NO3. The summed E-state index contributed by atoms with van der Waals surface area (Å²) in [6, 6.07) is 7.35. The largest absolute Gasteiger partial charge is 0.491 e. The molecule has 0 unspecified atom stereocenters. The maximum atomic E-state index is 10.7. The van der Waals surface area contributed by atoms with Gasteiger partial charge in [-0.25, -0.2) is 0 Å². The molecular weight excluding hydrogens is 194 g/mol. The van der Waals surface area contributed by atoms with E-state index in [-0.39, 0.29) is 18.4 Å². The van der Waals surface area contributed by atoms with E-state index < -0.39 is 0 Å². The third-order valence-electron chi connectivity index (χ3n) is 2.14. The molecule has 0 aliphatic carbocycles. The molecule has 1 atom stereocenters. The number of ether oxygens (including phenoxy) is 2. The molecule has 1 heterocycles. The van der Waals surface area contributed by atoms with Crippen LogP contribution in [0, 0.1) is 0 Å². The van der Waals surface area contributed by atoms with Gasteiger partial charge in [-0.05, 0) is 17.7 Å². The highest BCUT2D eigenvalue weighted by atomic mass is 16.6. The van der Waals surface area contributed by atoms with Gasteiger partial charge in [0.1, 0.15) is 18.5 Å². The molecule has 0 bridgehead atoms. The predicted molar refractivity (Wildman–Crippen MR) is 54.6 cm³/mol. The molecule has 15 heavy (non-hydrogen) atoms. The second kappa shape index (κ2) is 4.31. The highest BCUT2D eigenvalue weighted by Gasteiger charge is 2.22. The molecule has 2 N–H and O–H groups in total. The number of hydrogen-bond acceptors (Lipinski definition) is 3. The normalized spacial score (nSPS) is 18.5. The molecule has 1 saturated heterocycles. The van der Waals surface area contributed by atoms with E-state index in [0.29, 0.717) is 6.61 Å². The van der Waals surface area contributed by atoms with Gasteiger partial charge in [0.05, 0.1) is 13.0 Å². The Bertz CT molecular complexity index is 343. The van der Waals surface area contributed by atoms with Crippen LogP contribution in [0.15, 0.2) is 24.3 Å². The lowest BCUT2D eigenvalue weighted by molar-refractivity contribution is -0.117. The maximum Gasteiger partial charge on any atom is 0.221 e. The van der Waals surface area contributed by atoms with Crippen LogP contribution < -0.4 is 10.5 Å². The summed E-state index contributed by atoms with van der Waals surface area (Å²) in [5.74, 6) is 0.466. The van der Waals surface area contributed by atoms with Gasteiger partial charge in [0.2, 0.25) is 5.91 Å². The Morgan fingerprint density at radius 1 is 1.47 bits per heavy atom. The average molecular weight is 207 g/mol. The first-order valence-electron chi connectivity index (χ1n) is 4.85. The van der Waals surface area contributed by atoms with Crippen molar-refractivity contribution in [1.82, 2.24) is 0 Å². The zero-order valence-corrected chi connectivity index (χ0v) is 8.31. The van der Waals surface area contributed by atoms with Crippen LogP contribution in [-0.2, 0) is 16.0 Å². The van der Waals surface area contributed by atoms with Gasteiger partial charge < -0.3 is 15.2 Å². The van der Waals surface area contributed by atoms with Crippen molar-refractivity contribution in [2.45, 2.75) is 12.5 Å². The minimum atomic E-state index is -0.324. The fourth-order valence-corrected chi connectivity index (χ4v) is 1.26. The van der Waals surface area contributed by atoms with Crippen LogP contribution in [0.25, 0.3) is 0 Å². The molecule has 0 radical (unpaired) electrons. The van der Waals surface area contributed by atoms with E-state index in [2.05, 4.69) is 0 Å². The van der Waals surface area contributed by atoms with E-state index in [1.807, 2.05) is 24.3 Å². The number of epoxide rings is 1. The van der Waals surface area contributed by atoms with E-state index in [0.717, 1.165) is 17.9 Å². The highest BCUT2D eigenvalue weighted by Crippen LogP contribution is 2.15. The lowest BCUT2D eigenvalue weighted by Crippen LogP contribution is -2.13. The fraction of sp³-hybridized carbons (Fsp3) is 0.364. The summed E-state index contributed by atoms with van der Waals surface area (Å²) in [5.41, 5.74) is 5.98. The van der Waals surface area contributed by atoms with Crippen molar-refractivity contribution in [1.29, 1.82) is 0 Å². The quantitative estimate of drug-likeness (QED) is 0.715. The smallest absolute Gasteiger partial charge is 0.221 e. The number of hydrogen-bond donors (Lipinski definition) is 1. The number of nitrogens with two attached hydrogens (primary N) is 1. The fourth-order valence-electron chi connectivity index (χ4n) is 1.26. The second-order valence-corrected chi connectivity index (χ2v) is 3.55. The lowest BCUT2D eigenvalue weighted by atomic mass is 10.1. The topological polar surface area (TPSA) is 64.9 Å². The molecule has 1 amide bonds. The van der Waals surface area contributed by atoms with Crippen molar-refractivity contribution >= 4 is 5.91 Å². The molecule has 1 aromatic rings. The average Bonchev–Trinajstić information content (AvgIpc) is 2.99. The SMILES string of the molecule is NC(=O)Cc1ccc(OC[C@@H]2CO2)cc1. The molecule has 80 valence electrons. The van der Waals surface area contributed by atoms with E-state index in [9.17, 15) is 4.79 Å². The van der Waals surface area contributed by atoms with E-state index in [1.54, 1.807) is 0 Å². The van der Waals surface area contributed by atoms with Crippen LogP contribution in [0.2, 0.25) is 0 Å². The predicted octanol–water partition coefficient (Wildman–Crippen LogP) is 0.492. The molecule has 1 aromatic carbocycles. The Balaban J connectivity index is 1.87. The van der Waals surface area contributed by atoms with E-state index >= 15 is 0 Å². The molecule has 4 nitrogen and oxygen atoms in total. The van der Waals surface area contributed by atoms with Crippen LogP contribution in [0.4, 0.5) is 0 Å². The summed E-state index contributed by atoms with van der Waals surface area (Å²) in [6.07, 6.45) is 0.529. The molecule has 1 fully saturated rings. The Hall–Kier alpha value is -1.55. The molecule has 0 aromatic heterocycles. The van der Waals surface area contributed by atoms with Crippen molar-refractivity contribution in [3.8, 4) is 5.75 Å². The van der Waals surface area contributed by atoms with Crippen LogP contribution >= 0.6 is 0 Å². The van der Waals surface area contributed by atoms with Gasteiger partial charge in [-0.3, -0.25) is 4.79 Å². The number of primary amides is 1. The Kier molecular flexibility index (Phi) is 2.87. The number of carbonyl (C=O) groups is 1. The molecule has 0 spiro atoms. The monoisotopic (exact) mass is 207 g/mol. The first-order valence-corrected chi connectivity index (χ1v) is 4.85. The van der Waals surface area contributed by atoms with Crippen LogP contribution in [0.1, 0.15) is 5.56 Å². The molecule has 0 saturated carbocycles. The third kappa shape index (κ3) is 3.25. The summed E-state index contributed by atoms with van der Waals surface area (Å²) in [4.78, 5) is 10.7. The zero-order valence-electron chi connectivity index (χ0n) is 8.31. The summed E-state index contributed by atoms with van der Waals surface area (Å²) >= 11 is 0. The molecule has 2 rings (SSSR count). The molecule has 1 aliphatic rings. The van der Waals surface area contributed by atoms with Crippen LogP contribution in [-0.4, -0.2) is 25.2 Å². The van der Waals surface area contributed by atoms with E-state index in [4.69, 9.17) is 15.2 Å².